The van der Waals surface area contributed by atoms with Crippen molar-refractivity contribution in [3.05, 3.63) is 0 Å². The van der Waals surface area contributed by atoms with E-state index in [1.807, 2.05) is 0 Å². The maximum atomic E-state index is 9.92. The molecule has 0 unspecified atom stereocenters. The Morgan fingerprint density at radius 3 is 2.80 bits per heavy atom. The van der Waals surface area contributed by atoms with Crippen LogP contribution in [0.3, 0.4) is 0 Å². The SMILES string of the molecule is NC(=O)OCCC(Cl)=NO. The zero-order valence-corrected chi connectivity index (χ0v) is 5.84. The minimum Gasteiger partial charge on any atom is -0.449 e. The molecule has 0 bridgehead atoms. The Hall–Kier alpha value is -0.970. The van der Waals surface area contributed by atoms with Crippen molar-refractivity contribution >= 4 is 22.9 Å². The smallest absolute Gasteiger partial charge is 0.404 e. The van der Waals surface area contributed by atoms with Gasteiger partial charge in [-0.3, -0.25) is 0 Å². The summed E-state index contributed by atoms with van der Waals surface area (Å²) in [4.78, 5) is 9.92. The van der Waals surface area contributed by atoms with Crippen molar-refractivity contribution in [2.75, 3.05) is 6.61 Å². The number of amides is 1. The summed E-state index contributed by atoms with van der Waals surface area (Å²) in [6.07, 6.45) is -0.705. The lowest BCUT2D eigenvalue weighted by Crippen LogP contribution is -2.14. The van der Waals surface area contributed by atoms with E-state index >= 15 is 0 Å². The third-order valence-corrected chi connectivity index (χ3v) is 0.926. The van der Waals surface area contributed by atoms with Gasteiger partial charge in [0.1, 0.15) is 5.17 Å². The Labute approximate surface area is 62.4 Å². The summed E-state index contributed by atoms with van der Waals surface area (Å²) in [6.45, 7) is 0.0260. The highest BCUT2D eigenvalue weighted by Gasteiger charge is 1.96. The van der Waals surface area contributed by atoms with Crippen molar-refractivity contribution < 1.29 is 14.7 Å². The van der Waals surface area contributed by atoms with Crippen molar-refractivity contribution in [3.63, 3.8) is 0 Å². The average molecular weight is 167 g/mol. The zero-order valence-electron chi connectivity index (χ0n) is 5.08. The molecule has 0 radical (unpaired) electrons. The molecule has 0 saturated heterocycles. The van der Waals surface area contributed by atoms with Crippen molar-refractivity contribution in [3.8, 4) is 0 Å². The highest BCUT2D eigenvalue weighted by Crippen LogP contribution is 1.91. The van der Waals surface area contributed by atoms with Crippen LogP contribution in [0.5, 0.6) is 0 Å². The predicted molar refractivity (Wildman–Crippen MR) is 35.2 cm³/mol. The Balaban J connectivity index is 3.29. The lowest BCUT2D eigenvalue weighted by molar-refractivity contribution is 0.160. The maximum absolute atomic E-state index is 9.92. The lowest BCUT2D eigenvalue weighted by atomic mass is 10.5. The molecule has 0 atom stereocenters. The number of nitrogens with zero attached hydrogens (tertiary/aromatic N) is 1. The number of nitrogens with two attached hydrogens (primary N) is 1. The summed E-state index contributed by atoms with van der Waals surface area (Å²) in [5, 5.41) is 10.6. The van der Waals surface area contributed by atoms with Gasteiger partial charge < -0.3 is 15.7 Å². The summed E-state index contributed by atoms with van der Waals surface area (Å²) in [5.41, 5.74) is 4.61. The van der Waals surface area contributed by atoms with Gasteiger partial charge in [-0.05, 0) is 0 Å². The van der Waals surface area contributed by atoms with Crippen LogP contribution in [-0.2, 0) is 4.74 Å². The standard InChI is InChI=1S/C4H7ClN2O3/c5-3(7-9)1-2-10-4(6)8/h9H,1-2H2,(H2,6,8). The van der Waals surface area contributed by atoms with Crippen LogP contribution in [0.25, 0.3) is 0 Å². The molecule has 5 nitrogen and oxygen atoms in total. The molecule has 0 saturated carbocycles. The van der Waals surface area contributed by atoms with Crippen LogP contribution in [0.2, 0.25) is 0 Å². The van der Waals surface area contributed by atoms with E-state index in [-0.39, 0.29) is 18.2 Å². The van der Waals surface area contributed by atoms with Gasteiger partial charge in [0, 0.05) is 6.42 Å². The molecular weight excluding hydrogens is 160 g/mol. The van der Waals surface area contributed by atoms with Crippen LogP contribution in [0.4, 0.5) is 4.79 Å². The van der Waals surface area contributed by atoms with E-state index in [0.717, 1.165) is 0 Å². The van der Waals surface area contributed by atoms with Crippen molar-refractivity contribution in [2.24, 2.45) is 10.9 Å². The normalized spacial score (nSPS) is 11.1. The average Bonchev–Trinajstić information content (AvgIpc) is 1.87. The van der Waals surface area contributed by atoms with Crippen LogP contribution in [0.1, 0.15) is 6.42 Å². The monoisotopic (exact) mass is 166 g/mol. The van der Waals surface area contributed by atoms with Gasteiger partial charge in [0.15, 0.2) is 0 Å². The second-order valence-corrected chi connectivity index (χ2v) is 1.83. The number of halogens is 1. The summed E-state index contributed by atoms with van der Waals surface area (Å²) >= 11 is 5.22. The van der Waals surface area contributed by atoms with E-state index in [9.17, 15) is 4.79 Å². The molecule has 0 aliphatic rings. The van der Waals surface area contributed by atoms with Gasteiger partial charge in [0.2, 0.25) is 0 Å². The fourth-order valence-electron chi connectivity index (χ4n) is 0.286. The number of hydrogen-bond donors (Lipinski definition) is 2. The summed E-state index contributed by atoms with van der Waals surface area (Å²) < 4.78 is 4.28. The molecule has 0 aromatic rings. The molecule has 58 valence electrons. The van der Waals surface area contributed by atoms with Crippen LogP contribution < -0.4 is 5.73 Å². The van der Waals surface area contributed by atoms with Gasteiger partial charge in [0.25, 0.3) is 0 Å². The van der Waals surface area contributed by atoms with Crippen molar-refractivity contribution in [2.45, 2.75) is 6.42 Å². The number of carbonyl (C=O) groups excluding carboxylic acids is 1. The maximum Gasteiger partial charge on any atom is 0.404 e. The van der Waals surface area contributed by atoms with Gasteiger partial charge >= 0.3 is 6.09 Å². The Morgan fingerprint density at radius 2 is 2.40 bits per heavy atom. The molecule has 0 aliphatic carbocycles. The summed E-state index contributed by atoms with van der Waals surface area (Å²) in [5.74, 6) is 0. The van der Waals surface area contributed by atoms with Crippen LogP contribution in [0.15, 0.2) is 5.16 Å². The number of carbonyl (C=O) groups is 1. The molecule has 0 fully saturated rings. The quantitative estimate of drug-likeness (QED) is 0.364. The molecule has 0 aromatic carbocycles. The number of primary amides is 1. The first kappa shape index (κ1) is 9.03. The van der Waals surface area contributed by atoms with E-state index in [1.165, 1.54) is 0 Å². The zero-order chi connectivity index (χ0) is 7.98. The van der Waals surface area contributed by atoms with Gasteiger partial charge in [-0.1, -0.05) is 16.8 Å². The second-order valence-electron chi connectivity index (χ2n) is 1.39. The highest BCUT2D eigenvalue weighted by molar-refractivity contribution is 6.65. The Kier molecular flexibility index (Phi) is 4.39. The van der Waals surface area contributed by atoms with Crippen LogP contribution >= 0.6 is 11.6 Å². The van der Waals surface area contributed by atoms with Crippen molar-refractivity contribution in [1.82, 2.24) is 0 Å². The van der Waals surface area contributed by atoms with E-state index in [1.54, 1.807) is 0 Å². The molecule has 3 N–H and O–H groups in total. The topological polar surface area (TPSA) is 84.9 Å². The number of oxime groups is 1. The fraction of sp³-hybridized carbons (Fsp3) is 0.500. The molecule has 1 amide bonds. The van der Waals surface area contributed by atoms with E-state index in [4.69, 9.17) is 16.8 Å². The molecular formula is C4H7ClN2O3. The van der Waals surface area contributed by atoms with Gasteiger partial charge in [-0.15, -0.1) is 0 Å². The highest BCUT2D eigenvalue weighted by atomic mass is 35.5. The first-order valence-corrected chi connectivity index (χ1v) is 2.83. The van der Waals surface area contributed by atoms with Gasteiger partial charge in [-0.2, -0.15) is 0 Å². The minimum atomic E-state index is -0.873. The summed E-state index contributed by atoms with van der Waals surface area (Å²) in [7, 11) is 0. The molecule has 10 heavy (non-hydrogen) atoms. The Bertz CT molecular complexity index is 147. The number of hydrogen-bond acceptors (Lipinski definition) is 4. The van der Waals surface area contributed by atoms with E-state index in [0.29, 0.717) is 0 Å². The van der Waals surface area contributed by atoms with E-state index < -0.39 is 6.09 Å². The molecule has 0 rings (SSSR count). The van der Waals surface area contributed by atoms with Gasteiger partial charge in [0.05, 0.1) is 6.61 Å². The molecule has 0 aromatic heterocycles. The second kappa shape index (κ2) is 4.87. The molecule has 0 spiro atoms. The van der Waals surface area contributed by atoms with Crippen LogP contribution in [0, 0.1) is 0 Å². The first-order chi connectivity index (χ1) is 4.66. The third kappa shape index (κ3) is 5.17. The molecule has 0 aliphatic heterocycles. The fourth-order valence-corrected chi connectivity index (χ4v) is 0.363. The van der Waals surface area contributed by atoms with Crippen LogP contribution in [-0.4, -0.2) is 23.1 Å². The third-order valence-electron chi connectivity index (χ3n) is 0.661. The van der Waals surface area contributed by atoms with Gasteiger partial charge in [-0.25, -0.2) is 4.79 Å². The number of rotatable bonds is 3. The summed E-state index contributed by atoms with van der Waals surface area (Å²) in [6, 6.07) is 0. The van der Waals surface area contributed by atoms with Crippen molar-refractivity contribution in [1.29, 1.82) is 0 Å². The largest absolute Gasteiger partial charge is 0.449 e. The predicted octanol–water partition coefficient (Wildman–Crippen LogP) is 0.498. The first-order valence-electron chi connectivity index (χ1n) is 2.45. The molecule has 0 heterocycles. The number of ether oxygens (including phenoxy) is 1. The van der Waals surface area contributed by atoms with E-state index in [2.05, 4.69) is 15.6 Å². The molecule has 6 heteroatoms. The minimum absolute atomic E-state index is 0.0260. The Morgan fingerprint density at radius 1 is 1.80 bits per heavy atom. The lowest BCUT2D eigenvalue weighted by Gasteiger charge is -1.96.